The fourth-order valence-corrected chi connectivity index (χ4v) is 2.79. The molecule has 2 aliphatic rings. The first kappa shape index (κ1) is 11.0. The van der Waals surface area contributed by atoms with Crippen molar-refractivity contribution in [1.29, 1.82) is 0 Å². The summed E-state index contributed by atoms with van der Waals surface area (Å²) in [4.78, 5) is 0. The lowest BCUT2D eigenvalue weighted by Crippen LogP contribution is -1.93. The third-order valence-electron chi connectivity index (χ3n) is 3.91. The number of hydrogen-bond donors (Lipinski definition) is 0. The van der Waals surface area contributed by atoms with Crippen LogP contribution in [-0.2, 0) is 0 Å². The summed E-state index contributed by atoms with van der Waals surface area (Å²) >= 11 is 0. The van der Waals surface area contributed by atoms with Crippen molar-refractivity contribution in [3.63, 3.8) is 0 Å². The van der Waals surface area contributed by atoms with Gasteiger partial charge in [0.25, 0.3) is 0 Å². The van der Waals surface area contributed by atoms with Crippen LogP contribution in [0.15, 0.2) is 23.3 Å². The SMILES string of the molecule is CC1CCC=C(C2=CCCCCC2)CC1. The molecule has 0 amide bonds. The van der Waals surface area contributed by atoms with E-state index in [4.69, 9.17) is 0 Å². The third kappa shape index (κ3) is 3.22. The standard InChI is InChI=1S/C15H24/c1-13-7-6-10-15(12-11-13)14-8-4-2-3-5-9-14/h8,10,13H,2-7,9,11-12H2,1H3. The van der Waals surface area contributed by atoms with Crippen molar-refractivity contribution < 1.29 is 0 Å². The summed E-state index contributed by atoms with van der Waals surface area (Å²) in [6.07, 6.45) is 17.4. The summed E-state index contributed by atoms with van der Waals surface area (Å²) in [5.41, 5.74) is 3.39. The molecular formula is C15H24. The van der Waals surface area contributed by atoms with E-state index in [0.717, 1.165) is 5.92 Å². The smallest absolute Gasteiger partial charge is 0.0277 e. The summed E-state index contributed by atoms with van der Waals surface area (Å²) in [5.74, 6) is 0.935. The fourth-order valence-electron chi connectivity index (χ4n) is 2.79. The average molecular weight is 204 g/mol. The largest absolute Gasteiger partial charge is 0.0811 e. The Morgan fingerprint density at radius 3 is 2.60 bits per heavy atom. The van der Waals surface area contributed by atoms with Gasteiger partial charge in [-0.15, -0.1) is 0 Å². The Hall–Kier alpha value is -0.520. The maximum Gasteiger partial charge on any atom is -0.0277 e. The van der Waals surface area contributed by atoms with E-state index in [1.165, 1.54) is 57.8 Å². The molecular weight excluding hydrogens is 180 g/mol. The lowest BCUT2D eigenvalue weighted by molar-refractivity contribution is 0.510. The highest BCUT2D eigenvalue weighted by molar-refractivity contribution is 5.31. The molecule has 84 valence electrons. The van der Waals surface area contributed by atoms with E-state index in [2.05, 4.69) is 19.1 Å². The Labute approximate surface area is 94.5 Å². The minimum Gasteiger partial charge on any atom is -0.0811 e. The number of hydrogen-bond acceptors (Lipinski definition) is 0. The van der Waals surface area contributed by atoms with Crippen LogP contribution in [0.4, 0.5) is 0 Å². The van der Waals surface area contributed by atoms with Crippen LogP contribution in [-0.4, -0.2) is 0 Å². The topological polar surface area (TPSA) is 0 Å². The van der Waals surface area contributed by atoms with Gasteiger partial charge in [-0.3, -0.25) is 0 Å². The van der Waals surface area contributed by atoms with Gasteiger partial charge in [0.2, 0.25) is 0 Å². The van der Waals surface area contributed by atoms with Gasteiger partial charge in [-0.05, 0) is 68.4 Å². The maximum absolute atomic E-state index is 2.53. The highest BCUT2D eigenvalue weighted by Gasteiger charge is 2.12. The van der Waals surface area contributed by atoms with Gasteiger partial charge in [0.15, 0.2) is 0 Å². The van der Waals surface area contributed by atoms with Gasteiger partial charge in [0, 0.05) is 0 Å². The Kier molecular flexibility index (Phi) is 4.05. The molecule has 0 nitrogen and oxygen atoms in total. The van der Waals surface area contributed by atoms with Gasteiger partial charge < -0.3 is 0 Å². The van der Waals surface area contributed by atoms with E-state index in [1.807, 2.05) is 0 Å². The van der Waals surface area contributed by atoms with Crippen LogP contribution in [0.25, 0.3) is 0 Å². The van der Waals surface area contributed by atoms with Gasteiger partial charge in [0.05, 0.1) is 0 Å². The van der Waals surface area contributed by atoms with E-state index in [1.54, 1.807) is 11.1 Å². The summed E-state index contributed by atoms with van der Waals surface area (Å²) < 4.78 is 0. The number of rotatable bonds is 1. The minimum absolute atomic E-state index is 0.935. The molecule has 0 bridgehead atoms. The second-order valence-corrected chi connectivity index (χ2v) is 5.28. The second-order valence-electron chi connectivity index (χ2n) is 5.28. The fraction of sp³-hybridized carbons (Fsp3) is 0.733. The molecule has 0 radical (unpaired) electrons. The van der Waals surface area contributed by atoms with Crippen molar-refractivity contribution in [1.82, 2.24) is 0 Å². The molecule has 0 aromatic rings. The first-order chi connectivity index (χ1) is 7.36. The monoisotopic (exact) mass is 204 g/mol. The number of allylic oxidation sites excluding steroid dienone is 4. The summed E-state index contributed by atoms with van der Waals surface area (Å²) in [6, 6.07) is 0. The predicted octanol–water partition coefficient (Wildman–Crippen LogP) is 5.01. The van der Waals surface area contributed by atoms with Crippen molar-refractivity contribution in [3.8, 4) is 0 Å². The molecule has 0 saturated carbocycles. The molecule has 0 heteroatoms. The van der Waals surface area contributed by atoms with E-state index < -0.39 is 0 Å². The van der Waals surface area contributed by atoms with Gasteiger partial charge in [-0.25, -0.2) is 0 Å². The van der Waals surface area contributed by atoms with Crippen molar-refractivity contribution in [2.45, 2.75) is 64.7 Å². The Balaban J connectivity index is 2.01. The van der Waals surface area contributed by atoms with Crippen LogP contribution < -0.4 is 0 Å². The highest BCUT2D eigenvalue weighted by Crippen LogP contribution is 2.31. The average Bonchev–Trinajstić information content (AvgIpc) is 2.59. The molecule has 0 aromatic heterocycles. The Bertz CT molecular complexity index is 257. The van der Waals surface area contributed by atoms with Crippen LogP contribution in [0, 0.1) is 5.92 Å². The summed E-state index contributed by atoms with van der Waals surface area (Å²) in [6.45, 7) is 2.40. The van der Waals surface area contributed by atoms with Crippen molar-refractivity contribution in [2.24, 2.45) is 5.92 Å². The molecule has 0 aromatic carbocycles. The third-order valence-corrected chi connectivity index (χ3v) is 3.91. The van der Waals surface area contributed by atoms with Crippen molar-refractivity contribution >= 4 is 0 Å². The quantitative estimate of drug-likeness (QED) is 0.563. The summed E-state index contributed by atoms with van der Waals surface area (Å²) in [5, 5.41) is 0. The zero-order valence-corrected chi connectivity index (χ0v) is 10.1. The molecule has 0 spiro atoms. The van der Waals surface area contributed by atoms with Crippen molar-refractivity contribution in [3.05, 3.63) is 23.3 Å². The van der Waals surface area contributed by atoms with Gasteiger partial charge >= 0.3 is 0 Å². The van der Waals surface area contributed by atoms with E-state index in [0.29, 0.717) is 0 Å². The predicted molar refractivity (Wildman–Crippen MR) is 66.9 cm³/mol. The van der Waals surface area contributed by atoms with Crippen molar-refractivity contribution in [2.75, 3.05) is 0 Å². The van der Waals surface area contributed by atoms with E-state index in [-0.39, 0.29) is 0 Å². The molecule has 0 N–H and O–H groups in total. The van der Waals surface area contributed by atoms with Crippen LogP contribution in [0.2, 0.25) is 0 Å². The molecule has 0 aliphatic heterocycles. The first-order valence-electron chi connectivity index (χ1n) is 6.74. The van der Waals surface area contributed by atoms with Crippen LogP contribution >= 0.6 is 0 Å². The van der Waals surface area contributed by atoms with Gasteiger partial charge in [0.1, 0.15) is 0 Å². The molecule has 0 fully saturated rings. The normalized spacial score (nSPS) is 28.7. The Morgan fingerprint density at radius 1 is 0.867 bits per heavy atom. The molecule has 2 aliphatic carbocycles. The lowest BCUT2D eigenvalue weighted by atomic mass is 9.95. The van der Waals surface area contributed by atoms with Gasteiger partial charge in [-0.2, -0.15) is 0 Å². The molecule has 15 heavy (non-hydrogen) atoms. The summed E-state index contributed by atoms with van der Waals surface area (Å²) in [7, 11) is 0. The Morgan fingerprint density at radius 2 is 1.67 bits per heavy atom. The maximum atomic E-state index is 2.53. The minimum atomic E-state index is 0.935. The first-order valence-corrected chi connectivity index (χ1v) is 6.74. The highest BCUT2D eigenvalue weighted by atomic mass is 14.2. The zero-order valence-electron chi connectivity index (χ0n) is 10.1. The van der Waals surface area contributed by atoms with Crippen LogP contribution in [0.5, 0.6) is 0 Å². The molecule has 0 saturated heterocycles. The van der Waals surface area contributed by atoms with E-state index >= 15 is 0 Å². The zero-order chi connectivity index (χ0) is 10.5. The molecule has 1 unspecified atom stereocenters. The van der Waals surface area contributed by atoms with Gasteiger partial charge in [-0.1, -0.05) is 25.5 Å². The van der Waals surface area contributed by atoms with Crippen LogP contribution in [0.3, 0.4) is 0 Å². The lowest BCUT2D eigenvalue weighted by Gasteiger charge is -2.10. The molecule has 0 heterocycles. The molecule has 1 atom stereocenters. The van der Waals surface area contributed by atoms with E-state index in [9.17, 15) is 0 Å². The molecule has 2 rings (SSSR count). The van der Waals surface area contributed by atoms with Crippen LogP contribution in [0.1, 0.15) is 64.7 Å². The second kappa shape index (κ2) is 5.53.